The van der Waals surface area contributed by atoms with E-state index in [-0.39, 0.29) is 47.8 Å². The van der Waals surface area contributed by atoms with Crippen molar-refractivity contribution < 1.29 is 32.4 Å². The molecular formula is C38H65N5O7S. The van der Waals surface area contributed by atoms with E-state index in [0.29, 0.717) is 32.1 Å². The van der Waals surface area contributed by atoms with Gasteiger partial charge in [0.25, 0.3) is 5.91 Å². The number of rotatable bonds is 16. The van der Waals surface area contributed by atoms with Gasteiger partial charge >= 0.3 is 6.03 Å². The molecule has 3 fully saturated rings. The van der Waals surface area contributed by atoms with Gasteiger partial charge in [-0.25, -0.2) is 13.2 Å². The van der Waals surface area contributed by atoms with Crippen LogP contribution in [0.5, 0.6) is 0 Å². The van der Waals surface area contributed by atoms with Crippen LogP contribution in [0, 0.1) is 28.6 Å². The molecule has 5 amide bonds. The first-order valence-corrected chi connectivity index (χ1v) is 20.7. The van der Waals surface area contributed by atoms with Gasteiger partial charge in [-0.2, -0.15) is 0 Å². The molecule has 2 saturated carbocycles. The predicted molar refractivity (Wildman–Crippen MR) is 199 cm³/mol. The molecule has 3 aliphatic rings. The molecule has 0 radical (unpaired) electrons. The van der Waals surface area contributed by atoms with Crippen LogP contribution in [0.4, 0.5) is 4.79 Å². The summed E-state index contributed by atoms with van der Waals surface area (Å²) in [7, 11) is -3.45. The summed E-state index contributed by atoms with van der Waals surface area (Å²) in [5.74, 6) is -2.09. The van der Waals surface area contributed by atoms with Crippen LogP contribution in [0.15, 0.2) is 12.7 Å². The third kappa shape index (κ3) is 12.3. The predicted octanol–water partition coefficient (Wildman–Crippen LogP) is 4.28. The van der Waals surface area contributed by atoms with Crippen LogP contribution >= 0.6 is 0 Å². The van der Waals surface area contributed by atoms with E-state index in [1.54, 1.807) is 0 Å². The molecule has 51 heavy (non-hydrogen) atoms. The Hall–Kier alpha value is -2.96. The van der Waals surface area contributed by atoms with Crippen molar-refractivity contribution in [3.63, 3.8) is 0 Å². The molecule has 0 aromatic carbocycles. The van der Waals surface area contributed by atoms with Crippen molar-refractivity contribution in [1.29, 1.82) is 0 Å². The van der Waals surface area contributed by atoms with Crippen molar-refractivity contribution in [2.75, 3.05) is 24.6 Å². The van der Waals surface area contributed by atoms with E-state index >= 15 is 0 Å². The molecule has 0 aromatic rings. The zero-order valence-electron chi connectivity index (χ0n) is 32.4. The standard InChI is InChI=1S/C38H65N5O7S/c1-10-19-39-33(46)30(44)28(21-27-14-15-27)40-32(45)29-22-37(8,9)26(4)23-43(29)34(47)31(36(5,6)7)41-35(48)42-38(17-12-11-13-18-38)24-51(49,50)20-16-25(2)3/h10,25-29,31H,1,11-24H2,2-9H3,(H,39,46)(H,40,45)(H2,41,42,48)/t26?,28?,29-,31+/m0/s1. The molecule has 290 valence electrons. The van der Waals surface area contributed by atoms with Crippen LogP contribution in [0.1, 0.15) is 120 Å². The first-order chi connectivity index (χ1) is 23.6. The Morgan fingerprint density at radius 3 is 2.18 bits per heavy atom. The third-order valence-corrected chi connectivity index (χ3v) is 12.9. The second-order valence-corrected chi connectivity index (χ2v) is 19.9. The highest BCUT2D eigenvalue weighted by Crippen LogP contribution is 2.40. The normalized spacial score (nSPS) is 23.0. The number of nitrogens with one attached hydrogen (secondary N) is 4. The number of piperidine rings is 1. The van der Waals surface area contributed by atoms with E-state index in [1.807, 2.05) is 55.4 Å². The number of carbonyl (C=O) groups excluding carboxylic acids is 5. The second-order valence-electron chi connectivity index (χ2n) is 17.7. The molecular weight excluding hydrogens is 671 g/mol. The average molecular weight is 736 g/mol. The Bertz CT molecular complexity index is 1390. The lowest BCUT2D eigenvalue weighted by Crippen LogP contribution is -2.66. The number of hydrogen-bond donors (Lipinski definition) is 4. The van der Waals surface area contributed by atoms with E-state index in [0.717, 1.165) is 32.1 Å². The highest BCUT2D eigenvalue weighted by molar-refractivity contribution is 7.91. The molecule has 1 aliphatic heterocycles. The van der Waals surface area contributed by atoms with Gasteiger partial charge < -0.3 is 26.2 Å². The minimum absolute atomic E-state index is 0.00933. The summed E-state index contributed by atoms with van der Waals surface area (Å²) in [5.41, 5.74) is -2.04. The monoisotopic (exact) mass is 735 g/mol. The van der Waals surface area contributed by atoms with Crippen LogP contribution in [0.3, 0.4) is 0 Å². The SMILES string of the molecule is C=CCNC(=O)C(=O)C(CC1CC1)NC(=O)[C@@H]1CC(C)(C)C(C)CN1C(=O)[C@@H](NC(=O)NC1(CS(=O)(=O)CCC(C)C)CCCCC1)C(C)(C)C. The summed E-state index contributed by atoms with van der Waals surface area (Å²) >= 11 is 0. The summed E-state index contributed by atoms with van der Waals surface area (Å²) in [4.78, 5) is 69.9. The molecule has 2 aliphatic carbocycles. The van der Waals surface area contributed by atoms with E-state index in [4.69, 9.17) is 0 Å². The summed E-state index contributed by atoms with van der Waals surface area (Å²) in [6.45, 7) is 19.5. The van der Waals surface area contributed by atoms with Crippen molar-refractivity contribution in [1.82, 2.24) is 26.2 Å². The Labute approximate surface area is 306 Å². The molecule has 12 nitrogen and oxygen atoms in total. The zero-order valence-corrected chi connectivity index (χ0v) is 33.2. The van der Waals surface area contributed by atoms with E-state index in [1.165, 1.54) is 11.0 Å². The number of ketones is 1. The number of nitrogens with zero attached hydrogens (tertiary/aromatic N) is 1. The highest BCUT2D eigenvalue weighted by Gasteiger charge is 2.48. The van der Waals surface area contributed by atoms with Gasteiger partial charge in [-0.1, -0.05) is 93.6 Å². The second kappa shape index (κ2) is 17.2. The van der Waals surface area contributed by atoms with Crippen molar-refractivity contribution >= 4 is 39.4 Å². The maximum atomic E-state index is 14.6. The molecule has 4 atom stereocenters. The van der Waals surface area contributed by atoms with Crippen LogP contribution in [0.25, 0.3) is 0 Å². The summed E-state index contributed by atoms with van der Waals surface area (Å²) in [5, 5.41) is 11.3. The fourth-order valence-corrected chi connectivity index (χ4v) is 9.40. The first-order valence-electron chi connectivity index (χ1n) is 18.9. The minimum Gasteiger partial charge on any atom is -0.346 e. The third-order valence-electron chi connectivity index (χ3n) is 11.1. The fraction of sp³-hybridized carbons (Fsp3) is 0.816. The Balaban J connectivity index is 1.86. The number of urea groups is 1. The van der Waals surface area contributed by atoms with Crippen LogP contribution < -0.4 is 21.3 Å². The van der Waals surface area contributed by atoms with Crippen molar-refractivity contribution in [3.8, 4) is 0 Å². The van der Waals surface area contributed by atoms with Gasteiger partial charge in [-0.3, -0.25) is 19.2 Å². The van der Waals surface area contributed by atoms with Crippen LogP contribution in [-0.4, -0.2) is 91.1 Å². The number of carbonyl (C=O) groups is 5. The van der Waals surface area contributed by atoms with Crippen LogP contribution in [-0.2, 0) is 29.0 Å². The minimum atomic E-state index is -3.45. The smallest absolute Gasteiger partial charge is 0.315 e. The van der Waals surface area contributed by atoms with Gasteiger partial charge in [-0.15, -0.1) is 6.58 Å². The first kappa shape index (κ1) is 42.5. The van der Waals surface area contributed by atoms with Crippen LogP contribution in [0.2, 0.25) is 0 Å². The summed E-state index contributed by atoms with van der Waals surface area (Å²) < 4.78 is 26.4. The highest BCUT2D eigenvalue weighted by atomic mass is 32.2. The average Bonchev–Trinajstić information content (AvgIpc) is 3.85. The van der Waals surface area contributed by atoms with Crippen molar-refractivity contribution in [2.45, 2.75) is 143 Å². The van der Waals surface area contributed by atoms with E-state index in [9.17, 15) is 32.4 Å². The molecule has 2 unspecified atom stereocenters. The summed E-state index contributed by atoms with van der Waals surface area (Å²) in [6.07, 6.45) is 8.11. The van der Waals surface area contributed by atoms with Gasteiger partial charge in [0.15, 0.2) is 9.84 Å². The van der Waals surface area contributed by atoms with Gasteiger partial charge in [0.2, 0.25) is 17.6 Å². The maximum Gasteiger partial charge on any atom is 0.315 e. The van der Waals surface area contributed by atoms with Crippen molar-refractivity contribution in [3.05, 3.63) is 12.7 Å². The van der Waals surface area contributed by atoms with E-state index in [2.05, 4.69) is 27.8 Å². The number of sulfone groups is 1. The lowest BCUT2D eigenvalue weighted by molar-refractivity contribution is -0.151. The van der Waals surface area contributed by atoms with Gasteiger partial charge in [-0.05, 0) is 60.7 Å². The lowest BCUT2D eigenvalue weighted by Gasteiger charge is -2.49. The molecule has 0 aromatic heterocycles. The Morgan fingerprint density at radius 2 is 1.63 bits per heavy atom. The molecule has 1 heterocycles. The lowest BCUT2D eigenvalue weighted by atomic mass is 9.71. The molecule has 1 saturated heterocycles. The topological polar surface area (TPSA) is 171 Å². The maximum absolute atomic E-state index is 14.6. The Morgan fingerprint density at radius 1 is 1.00 bits per heavy atom. The zero-order chi connectivity index (χ0) is 38.4. The molecule has 13 heteroatoms. The molecule has 4 N–H and O–H groups in total. The molecule has 0 bridgehead atoms. The van der Waals surface area contributed by atoms with E-state index < -0.39 is 68.5 Å². The molecule has 0 spiro atoms. The van der Waals surface area contributed by atoms with Gasteiger partial charge in [0, 0.05) is 13.1 Å². The quantitative estimate of drug-likeness (QED) is 0.135. The Kier molecular flexibility index (Phi) is 14.4. The number of likely N-dealkylation sites (tertiary alicyclic amines) is 1. The largest absolute Gasteiger partial charge is 0.346 e. The van der Waals surface area contributed by atoms with Crippen molar-refractivity contribution in [2.24, 2.45) is 28.6 Å². The molecule has 3 rings (SSSR count). The number of amides is 5. The number of hydrogen-bond acceptors (Lipinski definition) is 7. The fourth-order valence-electron chi connectivity index (χ4n) is 7.22. The summed E-state index contributed by atoms with van der Waals surface area (Å²) in [6, 6.07) is -3.63. The number of Topliss-reactive ketones (excluding diaryl/α,β-unsaturated/α-hetero) is 1. The van der Waals surface area contributed by atoms with Gasteiger partial charge in [0.05, 0.1) is 23.1 Å². The van der Waals surface area contributed by atoms with Gasteiger partial charge in [0.1, 0.15) is 12.1 Å².